The SMILES string of the molecule is CCNC(CC(C)CC)c1c(C)c(C)cc(C)c1C. The number of nitrogens with one attached hydrogen (secondary N) is 1. The molecule has 0 amide bonds. The lowest BCUT2D eigenvalue weighted by Crippen LogP contribution is -2.25. The van der Waals surface area contributed by atoms with Gasteiger partial charge in [0, 0.05) is 6.04 Å². The van der Waals surface area contributed by atoms with Crippen molar-refractivity contribution in [3.8, 4) is 0 Å². The lowest BCUT2D eigenvalue weighted by Gasteiger charge is -2.27. The van der Waals surface area contributed by atoms with Crippen LogP contribution in [0.2, 0.25) is 0 Å². The van der Waals surface area contributed by atoms with Crippen LogP contribution in [0.4, 0.5) is 0 Å². The van der Waals surface area contributed by atoms with E-state index in [4.69, 9.17) is 0 Å². The fourth-order valence-corrected chi connectivity index (χ4v) is 2.89. The van der Waals surface area contributed by atoms with Gasteiger partial charge in [-0.05, 0) is 74.4 Å². The number of rotatable bonds is 6. The van der Waals surface area contributed by atoms with Gasteiger partial charge in [-0.3, -0.25) is 0 Å². The van der Waals surface area contributed by atoms with Crippen LogP contribution in [0.25, 0.3) is 0 Å². The zero-order chi connectivity index (χ0) is 14.6. The second-order valence-corrected chi connectivity index (χ2v) is 6.03. The van der Waals surface area contributed by atoms with Crippen molar-refractivity contribution in [3.05, 3.63) is 33.9 Å². The van der Waals surface area contributed by atoms with E-state index in [1.54, 1.807) is 5.56 Å². The molecule has 0 aliphatic carbocycles. The third-order valence-corrected chi connectivity index (χ3v) is 4.56. The molecule has 1 rings (SSSR count). The Balaban J connectivity index is 3.21. The highest BCUT2D eigenvalue weighted by atomic mass is 14.9. The van der Waals surface area contributed by atoms with E-state index >= 15 is 0 Å². The van der Waals surface area contributed by atoms with Gasteiger partial charge in [-0.25, -0.2) is 0 Å². The first-order valence-electron chi connectivity index (χ1n) is 7.72. The first-order valence-corrected chi connectivity index (χ1v) is 7.72. The van der Waals surface area contributed by atoms with Crippen molar-refractivity contribution in [2.75, 3.05) is 6.54 Å². The molecular weight excluding hydrogens is 230 g/mol. The molecule has 1 aromatic carbocycles. The van der Waals surface area contributed by atoms with Gasteiger partial charge in [0.15, 0.2) is 0 Å². The lowest BCUT2D eigenvalue weighted by atomic mass is 9.85. The highest BCUT2D eigenvalue weighted by molar-refractivity contribution is 5.45. The molecule has 0 fully saturated rings. The minimum atomic E-state index is 0.499. The maximum atomic E-state index is 3.70. The van der Waals surface area contributed by atoms with Crippen LogP contribution in [0.5, 0.6) is 0 Å². The zero-order valence-electron chi connectivity index (χ0n) is 13.9. The smallest absolute Gasteiger partial charge is 0.0328 e. The van der Waals surface area contributed by atoms with E-state index < -0.39 is 0 Å². The summed E-state index contributed by atoms with van der Waals surface area (Å²) in [6.45, 7) is 16.9. The topological polar surface area (TPSA) is 12.0 Å². The summed E-state index contributed by atoms with van der Waals surface area (Å²) < 4.78 is 0. The van der Waals surface area contributed by atoms with Crippen LogP contribution < -0.4 is 5.32 Å². The van der Waals surface area contributed by atoms with Crippen LogP contribution in [0.15, 0.2) is 6.07 Å². The molecule has 1 heteroatoms. The Morgan fingerprint density at radius 2 is 1.53 bits per heavy atom. The van der Waals surface area contributed by atoms with Crippen LogP contribution in [0, 0.1) is 33.6 Å². The van der Waals surface area contributed by atoms with Crippen molar-refractivity contribution in [2.24, 2.45) is 5.92 Å². The predicted octanol–water partition coefficient (Wildman–Crippen LogP) is 5.01. The molecule has 19 heavy (non-hydrogen) atoms. The largest absolute Gasteiger partial charge is 0.310 e. The Morgan fingerprint density at radius 1 is 1.00 bits per heavy atom. The molecule has 1 N–H and O–H groups in total. The van der Waals surface area contributed by atoms with E-state index in [1.165, 1.54) is 35.1 Å². The molecule has 0 aliphatic rings. The summed E-state index contributed by atoms with van der Waals surface area (Å²) in [5.74, 6) is 0.767. The summed E-state index contributed by atoms with van der Waals surface area (Å²) >= 11 is 0. The van der Waals surface area contributed by atoms with Gasteiger partial charge in [0.1, 0.15) is 0 Å². The van der Waals surface area contributed by atoms with Gasteiger partial charge in [0.2, 0.25) is 0 Å². The van der Waals surface area contributed by atoms with E-state index in [-0.39, 0.29) is 0 Å². The number of aryl methyl sites for hydroxylation is 2. The van der Waals surface area contributed by atoms with Crippen molar-refractivity contribution in [2.45, 2.75) is 67.3 Å². The maximum Gasteiger partial charge on any atom is 0.0328 e. The fraction of sp³-hybridized carbons (Fsp3) is 0.667. The minimum absolute atomic E-state index is 0.499. The molecule has 2 atom stereocenters. The normalized spacial score (nSPS) is 14.5. The van der Waals surface area contributed by atoms with Crippen molar-refractivity contribution in [1.82, 2.24) is 5.32 Å². The molecule has 1 nitrogen and oxygen atoms in total. The number of benzene rings is 1. The first-order chi connectivity index (χ1) is 8.92. The Bertz CT molecular complexity index is 394. The van der Waals surface area contributed by atoms with Crippen LogP contribution in [-0.4, -0.2) is 6.54 Å². The molecular formula is C18H31N. The Kier molecular flexibility index (Phi) is 6.06. The molecule has 2 unspecified atom stereocenters. The molecule has 0 aliphatic heterocycles. The monoisotopic (exact) mass is 261 g/mol. The van der Waals surface area contributed by atoms with Crippen molar-refractivity contribution < 1.29 is 0 Å². The maximum absolute atomic E-state index is 3.70. The van der Waals surface area contributed by atoms with Gasteiger partial charge in [-0.1, -0.05) is 33.3 Å². The van der Waals surface area contributed by atoms with Gasteiger partial charge in [-0.2, -0.15) is 0 Å². The minimum Gasteiger partial charge on any atom is -0.310 e. The van der Waals surface area contributed by atoms with E-state index in [0.29, 0.717) is 6.04 Å². The summed E-state index contributed by atoms with van der Waals surface area (Å²) in [7, 11) is 0. The zero-order valence-corrected chi connectivity index (χ0v) is 13.9. The summed E-state index contributed by atoms with van der Waals surface area (Å²) in [5, 5.41) is 3.70. The van der Waals surface area contributed by atoms with Crippen LogP contribution in [0.1, 0.15) is 67.5 Å². The summed E-state index contributed by atoms with van der Waals surface area (Å²) in [6, 6.07) is 2.82. The molecule has 0 radical (unpaired) electrons. The quantitative estimate of drug-likeness (QED) is 0.759. The highest BCUT2D eigenvalue weighted by Gasteiger charge is 2.19. The van der Waals surface area contributed by atoms with E-state index in [2.05, 4.69) is 59.8 Å². The third kappa shape index (κ3) is 3.82. The Labute approximate surface area is 119 Å². The molecule has 0 saturated heterocycles. The molecule has 0 saturated carbocycles. The fourth-order valence-electron chi connectivity index (χ4n) is 2.89. The van der Waals surface area contributed by atoms with Gasteiger partial charge < -0.3 is 5.32 Å². The third-order valence-electron chi connectivity index (χ3n) is 4.56. The van der Waals surface area contributed by atoms with Gasteiger partial charge in [0.05, 0.1) is 0 Å². The molecule has 108 valence electrons. The van der Waals surface area contributed by atoms with E-state index in [1.807, 2.05) is 0 Å². The Hall–Kier alpha value is -0.820. The molecule has 0 aromatic heterocycles. The average Bonchev–Trinajstić information content (AvgIpc) is 2.36. The van der Waals surface area contributed by atoms with Crippen LogP contribution in [0.3, 0.4) is 0 Å². The predicted molar refractivity (Wildman–Crippen MR) is 85.9 cm³/mol. The van der Waals surface area contributed by atoms with Crippen molar-refractivity contribution >= 4 is 0 Å². The Morgan fingerprint density at radius 3 is 1.95 bits per heavy atom. The first kappa shape index (κ1) is 16.2. The molecule has 1 aromatic rings. The van der Waals surface area contributed by atoms with Crippen LogP contribution >= 0.6 is 0 Å². The summed E-state index contributed by atoms with van der Waals surface area (Å²) in [6.07, 6.45) is 2.49. The van der Waals surface area contributed by atoms with Crippen molar-refractivity contribution in [1.29, 1.82) is 0 Å². The standard InChI is InChI=1S/C18H31N/c1-8-12(3)10-17(19-9-2)18-15(6)13(4)11-14(5)16(18)7/h11-12,17,19H,8-10H2,1-7H3. The van der Waals surface area contributed by atoms with E-state index in [9.17, 15) is 0 Å². The summed E-state index contributed by atoms with van der Waals surface area (Å²) in [5.41, 5.74) is 7.32. The van der Waals surface area contributed by atoms with E-state index in [0.717, 1.165) is 12.5 Å². The van der Waals surface area contributed by atoms with Crippen molar-refractivity contribution in [3.63, 3.8) is 0 Å². The van der Waals surface area contributed by atoms with Gasteiger partial charge in [-0.15, -0.1) is 0 Å². The second kappa shape index (κ2) is 7.09. The van der Waals surface area contributed by atoms with Crippen LogP contribution in [-0.2, 0) is 0 Å². The summed E-state index contributed by atoms with van der Waals surface area (Å²) in [4.78, 5) is 0. The number of hydrogen-bond acceptors (Lipinski definition) is 1. The molecule has 0 bridgehead atoms. The average molecular weight is 261 g/mol. The molecule has 0 spiro atoms. The van der Waals surface area contributed by atoms with Gasteiger partial charge in [0.25, 0.3) is 0 Å². The highest BCUT2D eigenvalue weighted by Crippen LogP contribution is 2.31. The number of hydrogen-bond donors (Lipinski definition) is 1. The molecule has 0 heterocycles. The van der Waals surface area contributed by atoms with Gasteiger partial charge >= 0.3 is 0 Å². The lowest BCUT2D eigenvalue weighted by molar-refractivity contribution is 0.406. The second-order valence-electron chi connectivity index (χ2n) is 6.03.